The number of thioether (sulfide) groups is 1. The van der Waals surface area contributed by atoms with E-state index in [1.807, 2.05) is 0 Å². The molecular weight excluding hydrogens is 320 g/mol. The molecule has 0 saturated carbocycles. The first-order valence-corrected chi connectivity index (χ1v) is 8.48. The molecule has 0 spiro atoms. The number of carboxylic acid groups (broad SMARTS) is 1. The van der Waals surface area contributed by atoms with Crippen LogP contribution in [0.4, 0.5) is 0 Å². The van der Waals surface area contributed by atoms with Gasteiger partial charge in [0.2, 0.25) is 5.91 Å². The minimum Gasteiger partial charge on any atom is -0.477 e. The van der Waals surface area contributed by atoms with Gasteiger partial charge in [-0.05, 0) is 6.26 Å². The average Bonchev–Trinajstić information content (AvgIpc) is 2.42. The summed E-state index contributed by atoms with van der Waals surface area (Å²) in [5.74, 6) is -2.52. The molecule has 0 bridgehead atoms. The number of carboxylic acids is 1. The molecule has 1 fully saturated rings. The lowest BCUT2D eigenvalue weighted by atomic mass is 10.0. The van der Waals surface area contributed by atoms with Gasteiger partial charge < -0.3 is 15.6 Å². The van der Waals surface area contributed by atoms with Crippen molar-refractivity contribution in [2.24, 2.45) is 5.73 Å². The molecule has 2 rings (SSSR count). The third kappa shape index (κ3) is 2.47. The number of β-lactam (4-membered cyclic amide) rings is 1. The van der Waals surface area contributed by atoms with Gasteiger partial charge in [0.15, 0.2) is 0 Å². The van der Waals surface area contributed by atoms with Gasteiger partial charge in [0.05, 0.1) is 10.8 Å². The summed E-state index contributed by atoms with van der Waals surface area (Å²) in [4.78, 5) is 35.1. The van der Waals surface area contributed by atoms with E-state index in [9.17, 15) is 23.7 Å². The van der Waals surface area contributed by atoms with Gasteiger partial charge in [-0.25, -0.2) is 4.79 Å². The summed E-state index contributed by atoms with van der Waals surface area (Å²) in [6, 6.07) is -0.967. The molecule has 8 nitrogen and oxygen atoms in total. The smallest absolute Gasteiger partial charge is 0.352 e. The number of nitrogens with zero attached hydrogens (tertiary/aromatic N) is 1. The molecule has 2 aliphatic rings. The maximum atomic E-state index is 12.4. The first-order chi connectivity index (χ1) is 9.81. The molecule has 1 amide bonds. The Morgan fingerprint density at radius 3 is 2.62 bits per heavy atom. The lowest BCUT2D eigenvalue weighted by molar-refractivity contribution is -0.148. The normalized spacial score (nSPS) is 31.6. The van der Waals surface area contributed by atoms with Crippen molar-refractivity contribution in [1.82, 2.24) is 4.90 Å². The van der Waals surface area contributed by atoms with Gasteiger partial charge in [0.1, 0.15) is 28.3 Å². The lowest BCUT2D eigenvalue weighted by Gasteiger charge is -2.49. The molecule has 21 heavy (non-hydrogen) atoms. The van der Waals surface area contributed by atoms with Crippen LogP contribution >= 0.6 is 11.8 Å². The Morgan fingerprint density at radius 2 is 2.14 bits per heavy atom. The van der Waals surface area contributed by atoms with E-state index in [-0.39, 0.29) is 17.9 Å². The second-order valence-corrected chi connectivity index (χ2v) is 7.33. The van der Waals surface area contributed by atoms with E-state index >= 15 is 0 Å². The zero-order chi connectivity index (χ0) is 15.9. The summed E-state index contributed by atoms with van der Waals surface area (Å²) in [6.45, 7) is 0.863. The molecule has 0 aliphatic carbocycles. The minimum atomic E-state index is -1.57. The SMILES string of the molecule is CSC1C(COC(C)=O)=C(C(=O)O)N2C(=O)[C@@H](N)[C@H]2S1=O. The van der Waals surface area contributed by atoms with E-state index in [1.54, 1.807) is 6.26 Å². The van der Waals surface area contributed by atoms with Crippen LogP contribution in [0.25, 0.3) is 0 Å². The van der Waals surface area contributed by atoms with Crippen LogP contribution in [0.5, 0.6) is 0 Å². The number of amides is 1. The Hall–Kier alpha value is -1.39. The molecule has 0 aromatic heterocycles. The van der Waals surface area contributed by atoms with Crippen LogP contribution in [0.2, 0.25) is 0 Å². The second kappa shape index (κ2) is 5.78. The summed E-state index contributed by atoms with van der Waals surface area (Å²) < 4.78 is 16.6. The standard InChI is InChI=1S/C11H14N2O6S2/c1-4(14)19-3-5-7(10(16)17)13-8(15)6(12)9(13)21(18)11(5)20-2/h6,9,11H,3,12H2,1-2H3,(H,16,17)/t6-,9-,11?,21?/m1/s1. The summed E-state index contributed by atoms with van der Waals surface area (Å²) in [6.07, 6.45) is 1.66. The number of rotatable bonds is 4. The number of nitrogens with two attached hydrogens (primary N) is 1. The zero-order valence-electron chi connectivity index (χ0n) is 11.3. The number of hydrogen-bond donors (Lipinski definition) is 2. The van der Waals surface area contributed by atoms with Crippen LogP contribution in [-0.2, 0) is 29.9 Å². The summed E-state index contributed by atoms with van der Waals surface area (Å²) in [5.41, 5.74) is 5.49. The van der Waals surface area contributed by atoms with Crippen LogP contribution in [0.3, 0.4) is 0 Å². The van der Waals surface area contributed by atoms with E-state index in [2.05, 4.69) is 0 Å². The van der Waals surface area contributed by atoms with Gasteiger partial charge in [0, 0.05) is 12.5 Å². The fourth-order valence-corrected chi connectivity index (χ4v) is 5.40. The van der Waals surface area contributed by atoms with Crippen molar-refractivity contribution in [2.45, 2.75) is 22.9 Å². The van der Waals surface area contributed by atoms with Crippen LogP contribution in [0.1, 0.15) is 6.92 Å². The highest BCUT2D eigenvalue weighted by atomic mass is 32.2. The van der Waals surface area contributed by atoms with Gasteiger partial charge >= 0.3 is 11.9 Å². The molecule has 4 atom stereocenters. The highest BCUT2D eigenvalue weighted by Crippen LogP contribution is 2.40. The topological polar surface area (TPSA) is 127 Å². The first kappa shape index (κ1) is 16.0. The minimum absolute atomic E-state index is 0.153. The summed E-state index contributed by atoms with van der Waals surface area (Å²) >= 11 is 1.17. The maximum absolute atomic E-state index is 12.4. The van der Waals surface area contributed by atoms with Gasteiger partial charge in [-0.15, -0.1) is 11.8 Å². The highest BCUT2D eigenvalue weighted by Gasteiger charge is 2.57. The van der Waals surface area contributed by atoms with Crippen molar-refractivity contribution in [3.05, 3.63) is 11.3 Å². The van der Waals surface area contributed by atoms with Gasteiger partial charge in [0.25, 0.3) is 0 Å². The lowest BCUT2D eigenvalue weighted by Crippen LogP contribution is -2.72. The monoisotopic (exact) mass is 334 g/mol. The van der Waals surface area contributed by atoms with E-state index in [4.69, 9.17) is 10.5 Å². The zero-order valence-corrected chi connectivity index (χ0v) is 12.9. The van der Waals surface area contributed by atoms with Crippen molar-refractivity contribution in [3.63, 3.8) is 0 Å². The number of fused-ring (bicyclic) bond motifs is 1. The van der Waals surface area contributed by atoms with Gasteiger partial charge in [-0.3, -0.25) is 18.7 Å². The van der Waals surface area contributed by atoms with E-state index in [0.29, 0.717) is 0 Å². The fourth-order valence-electron chi connectivity index (χ4n) is 2.30. The van der Waals surface area contributed by atoms with Crippen LogP contribution in [0.15, 0.2) is 11.3 Å². The molecule has 2 unspecified atom stereocenters. The average molecular weight is 334 g/mol. The van der Waals surface area contributed by atoms with Crippen LogP contribution < -0.4 is 5.73 Å². The molecule has 0 aromatic rings. The molecule has 10 heteroatoms. The van der Waals surface area contributed by atoms with Gasteiger partial charge in [-0.2, -0.15) is 0 Å². The summed E-state index contributed by atoms with van der Waals surface area (Å²) in [7, 11) is -1.57. The first-order valence-electron chi connectivity index (χ1n) is 5.91. The van der Waals surface area contributed by atoms with Crippen LogP contribution in [-0.4, -0.2) is 60.9 Å². The van der Waals surface area contributed by atoms with Crippen molar-refractivity contribution in [2.75, 3.05) is 12.9 Å². The molecule has 2 heterocycles. The Balaban J connectivity index is 2.50. The molecule has 3 N–H and O–H groups in total. The third-order valence-electron chi connectivity index (χ3n) is 3.21. The highest BCUT2D eigenvalue weighted by molar-refractivity contribution is 8.11. The Labute approximate surface area is 127 Å². The molecule has 1 saturated heterocycles. The molecule has 0 radical (unpaired) electrons. The largest absolute Gasteiger partial charge is 0.477 e. The quantitative estimate of drug-likeness (QED) is 0.487. The number of hydrogen-bond acceptors (Lipinski definition) is 7. The molecule has 2 aliphatic heterocycles. The van der Waals surface area contributed by atoms with Crippen molar-refractivity contribution in [3.8, 4) is 0 Å². The predicted octanol–water partition coefficient (Wildman–Crippen LogP) is -1.16. The number of carbonyl (C=O) groups is 3. The molecule has 116 valence electrons. The van der Waals surface area contributed by atoms with E-state index in [0.717, 1.165) is 4.90 Å². The molecule has 0 aromatic carbocycles. The number of esters is 1. The van der Waals surface area contributed by atoms with Gasteiger partial charge in [-0.1, -0.05) is 0 Å². The number of carbonyl (C=O) groups excluding carboxylic acids is 2. The predicted molar refractivity (Wildman–Crippen MR) is 75.3 cm³/mol. The van der Waals surface area contributed by atoms with Crippen LogP contribution in [0, 0.1) is 0 Å². The molecular formula is C11H14N2O6S2. The summed E-state index contributed by atoms with van der Waals surface area (Å²) in [5, 5.41) is 8.51. The Morgan fingerprint density at radius 1 is 1.52 bits per heavy atom. The third-order valence-corrected chi connectivity index (χ3v) is 6.76. The number of ether oxygens (including phenoxy) is 1. The fraction of sp³-hybridized carbons (Fsp3) is 0.545. The second-order valence-electron chi connectivity index (χ2n) is 4.48. The Bertz CT molecular complexity index is 575. The van der Waals surface area contributed by atoms with E-state index in [1.165, 1.54) is 18.7 Å². The Kier molecular flexibility index (Phi) is 4.40. The van der Waals surface area contributed by atoms with Crippen molar-refractivity contribution >= 4 is 40.4 Å². The van der Waals surface area contributed by atoms with E-state index < -0.39 is 44.6 Å². The van der Waals surface area contributed by atoms with Crippen molar-refractivity contribution in [1.29, 1.82) is 0 Å². The van der Waals surface area contributed by atoms with Crippen molar-refractivity contribution < 1.29 is 28.4 Å². The maximum Gasteiger partial charge on any atom is 0.352 e. The number of aliphatic carboxylic acids is 1.